The first kappa shape index (κ1) is 25.3. The van der Waals surface area contributed by atoms with E-state index < -0.39 is 15.7 Å². The smallest absolute Gasteiger partial charge is 0.255 e. The molecular weight excluding hydrogens is 460 g/mol. The number of halogens is 1. The zero-order valence-electron chi connectivity index (χ0n) is 18.0. The van der Waals surface area contributed by atoms with Gasteiger partial charge in [-0.25, -0.2) is 8.42 Å². The number of primary amides is 1. The van der Waals surface area contributed by atoms with E-state index in [9.17, 15) is 18.0 Å². The Morgan fingerprint density at radius 2 is 1.88 bits per heavy atom. The SMILES string of the molecule is COc1cc(C(=O)N(C)CCCOc2cccc(S(C)(=O)=O)c2)cc(Cl)c1OCC(N)=O. The molecule has 32 heavy (non-hydrogen) atoms. The molecule has 0 spiro atoms. The number of carbonyl (C=O) groups is 2. The van der Waals surface area contributed by atoms with E-state index in [-0.39, 0.29) is 46.1 Å². The second-order valence-electron chi connectivity index (χ2n) is 6.92. The van der Waals surface area contributed by atoms with E-state index in [0.717, 1.165) is 6.26 Å². The Balaban J connectivity index is 1.96. The number of rotatable bonds is 11. The van der Waals surface area contributed by atoms with Crippen molar-refractivity contribution in [2.45, 2.75) is 11.3 Å². The molecule has 0 atom stereocenters. The summed E-state index contributed by atoms with van der Waals surface area (Å²) in [7, 11) is -0.302. The van der Waals surface area contributed by atoms with Gasteiger partial charge < -0.3 is 24.8 Å². The van der Waals surface area contributed by atoms with Gasteiger partial charge in [0.2, 0.25) is 0 Å². The fourth-order valence-electron chi connectivity index (χ4n) is 2.73. The van der Waals surface area contributed by atoms with Gasteiger partial charge in [0.25, 0.3) is 11.8 Å². The van der Waals surface area contributed by atoms with Crippen LogP contribution in [0.4, 0.5) is 0 Å². The number of benzene rings is 2. The number of amides is 2. The number of sulfone groups is 1. The van der Waals surface area contributed by atoms with E-state index >= 15 is 0 Å². The minimum absolute atomic E-state index is 0.108. The lowest BCUT2D eigenvalue weighted by atomic mass is 10.1. The molecule has 2 aromatic carbocycles. The van der Waals surface area contributed by atoms with Crippen molar-refractivity contribution < 1.29 is 32.2 Å². The van der Waals surface area contributed by atoms with Gasteiger partial charge in [-0.2, -0.15) is 0 Å². The highest BCUT2D eigenvalue weighted by atomic mass is 35.5. The van der Waals surface area contributed by atoms with Crippen molar-refractivity contribution >= 4 is 33.3 Å². The standard InChI is InChI=1S/C21H25ClN2O7S/c1-24(8-5-9-30-15-6-4-7-16(12-15)32(3,27)28)21(26)14-10-17(22)20(18(11-14)29-2)31-13-19(23)25/h4,6-7,10-12H,5,8-9,13H2,1-3H3,(H2,23,25). The second-order valence-corrected chi connectivity index (χ2v) is 9.34. The lowest BCUT2D eigenvalue weighted by molar-refractivity contribution is -0.119. The summed E-state index contributed by atoms with van der Waals surface area (Å²) in [5.74, 6) is -0.217. The Kier molecular flexibility index (Phi) is 8.73. The first-order valence-corrected chi connectivity index (χ1v) is 11.8. The highest BCUT2D eigenvalue weighted by molar-refractivity contribution is 7.90. The van der Waals surface area contributed by atoms with Gasteiger partial charge in [0.15, 0.2) is 27.9 Å². The second kappa shape index (κ2) is 11.1. The minimum Gasteiger partial charge on any atom is -0.493 e. The number of hydrogen-bond donors (Lipinski definition) is 1. The van der Waals surface area contributed by atoms with Crippen LogP contribution >= 0.6 is 11.6 Å². The van der Waals surface area contributed by atoms with E-state index in [4.69, 9.17) is 31.5 Å². The number of nitrogens with zero attached hydrogens (tertiary/aromatic N) is 1. The maximum Gasteiger partial charge on any atom is 0.255 e. The normalized spacial score (nSPS) is 11.0. The quantitative estimate of drug-likeness (QED) is 0.484. The molecule has 0 heterocycles. The molecule has 0 bridgehead atoms. The van der Waals surface area contributed by atoms with E-state index in [1.807, 2.05) is 0 Å². The Morgan fingerprint density at radius 3 is 2.50 bits per heavy atom. The third-order valence-electron chi connectivity index (χ3n) is 4.32. The lowest BCUT2D eigenvalue weighted by Crippen LogP contribution is -2.28. The summed E-state index contributed by atoms with van der Waals surface area (Å²) in [6.07, 6.45) is 1.64. The van der Waals surface area contributed by atoms with E-state index in [1.54, 1.807) is 19.2 Å². The van der Waals surface area contributed by atoms with Crippen molar-refractivity contribution in [1.29, 1.82) is 0 Å². The summed E-state index contributed by atoms with van der Waals surface area (Å²) in [6, 6.07) is 9.12. The van der Waals surface area contributed by atoms with Crippen molar-refractivity contribution in [3.63, 3.8) is 0 Å². The number of nitrogens with two attached hydrogens (primary N) is 1. The first-order chi connectivity index (χ1) is 15.0. The summed E-state index contributed by atoms with van der Waals surface area (Å²) in [5, 5.41) is 0.108. The molecule has 0 radical (unpaired) electrons. The summed E-state index contributed by atoms with van der Waals surface area (Å²) in [6.45, 7) is 0.287. The van der Waals surface area contributed by atoms with Crippen LogP contribution in [0.25, 0.3) is 0 Å². The highest BCUT2D eigenvalue weighted by Crippen LogP contribution is 2.36. The van der Waals surface area contributed by atoms with Gasteiger partial charge in [0.05, 0.1) is 23.6 Å². The van der Waals surface area contributed by atoms with E-state index in [2.05, 4.69) is 0 Å². The monoisotopic (exact) mass is 484 g/mol. The van der Waals surface area contributed by atoms with Crippen LogP contribution in [-0.2, 0) is 14.6 Å². The van der Waals surface area contributed by atoms with Gasteiger partial charge in [-0.05, 0) is 36.8 Å². The molecule has 0 aliphatic heterocycles. The molecule has 2 aromatic rings. The fraction of sp³-hybridized carbons (Fsp3) is 0.333. The summed E-state index contributed by atoms with van der Waals surface area (Å²) >= 11 is 6.19. The summed E-state index contributed by atoms with van der Waals surface area (Å²) < 4.78 is 39.3. The summed E-state index contributed by atoms with van der Waals surface area (Å²) in [5.41, 5.74) is 5.36. The predicted molar refractivity (Wildman–Crippen MR) is 119 cm³/mol. The zero-order chi connectivity index (χ0) is 23.9. The fourth-order valence-corrected chi connectivity index (χ4v) is 3.66. The Morgan fingerprint density at radius 1 is 1.16 bits per heavy atom. The lowest BCUT2D eigenvalue weighted by Gasteiger charge is -2.19. The molecule has 0 aliphatic carbocycles. The number of carbonyl (C=O) groups excluding carboxylic acids is 2. The molecule has 0 fully saturated rings. The van der Waals surface area contributed by atoms with Gasteiger partial charge in [-0.15, -0.1) is 0 Å². The average Bonchev–Trinajstić information content (AvgIpc) is 2.74. The van der Waals surface area contributed by atoms with Crippen LogP contribution in [0, 0.1) is 0 Å². The molecular formula is C21H25ClN2O7S. The van der Waals surface area contributed by atoms with Crippen LogP contribution < -0.4 is 19.9 Å². The zero-order valence-corrected chi connectivity index (χ0v) is 19.5. The topological polar surface area (TPSA) is 125 Å². The largest absolute Gasteiger partial charge is 0.493 e. The Hall–Kier alpha value is -2.98. The minimum atomic E-state index is -3.32. The third kappa shape index (κ3) is 7.03. The van der Waals surface area contributed by atoms with E-state index in [1.165, 1.54) is 36.3 Å². The molecule has 0 saturated carbocycles. The Bertz CT molecular complexity index is 1090. The maximum absolute atomic E-state index is 12.8. The van der Waals surface area contributed by atoms with E-state index in [0.29, 0.717) is 18.7 Å². The maximum atomic E-state index is 12.8. The Labute approximate surface area is 191 Å². The molecule has 0 aliphatic rings. The van der Waals surface area contributed by atoms with Crippen molar-refractivity contribution in [2.75, 3.05) is 40.2 Å². The van der Waals surface area contributed by atoms with Crippen LogP contribution in [0.1, 0.15) is 16.8 Å². The molecule has 174 valence electrons. The number of methoxy groups -OCH3 is 1. The molecule has 2 rings (SSSR count). The molecule has 2 amide bonds. The van der Waals surface area contributed by atoms with Gasteiger partial charge >= 0.3 is 0 Å². The highest BCUT2D eigenvalue weighted by Gasteiger charge is 2.19. The molecule has 11 heteroatoms. The van der Waals surface area contributed by atoms with Crippen molar-refractivity contribution in [2.24, 2.45) is 5.73 Å². The van der Waals surface area contributed by atoms with Crippen LogP contribution in [0.3, 0.4) is 0 Å². The average molecular weight is 485 g/mol. The van der Waals surface area contributed by atoms with Gasteiger partial charge in [-0.1, -0.05) is 17.7 Å². The van der Waals surface area contributed by atoms with Crippen LogP contribution in [0.15, 0.2) is 41.3 Å². The predicted octanol–water partition coefficient (Wildman–Crippen LogP) is 2.16. The molecule has 0 saturated heterocycles. The van der Waals surface area contributed by atoms with Crippen molar-refractivity contribution in [3.05, 3.63) is 47.0 Å². The summed E-state index contributed by atoms with van der Waals surface area (Å²) in [4.78, 5) is 25.4. The molecule has 0 unspecified atom stereocenters. The third-order valence-corrected chi connectivity index (χ3v) is 5.71. The molecule has 2 N–H and O–H groups in total. The van der Waals surface area contributed by atoms with Crippen molar-refractivity contribution in [3.8, 4) is 17.2 Å². The molecule has 9 nitrogen and oxygen atoms in total. The number of ether oxygens (including phenoxy) is 3. The van der Waals surface area contributed by atoms with Crippen molar-refractivity contribution in [1.82, 2.24) is 4.90 Å². The number of hydrogen-bond acceptors (Lipinski definition) is 7. The first-order valence-electron chi connectivity index (χ1n) is 9.50. The van der Waals surface area contributed by atoms with Crippen LogP contribution in [-0.4, -0.2) is 65.3 Å². The van der Waals surface area contributed by atoms with Crippen LogP contribution in [0.2, 0.25) is 5.02 Å². The van der Waals surface area contributed by atoms with Crippen LogP contribution in [0.5, 0.6) is 17.2 Å². The molecule has 0 aromatic heterocycles. The van der Waals surface area contributed by atoms with Gasteiger partial charge in [0.1, 0.15) is 5.75 Å². The van der Waals surface area contributed by atoms with Gasteiger partial charge in [-0.3, -0.25) is 9.59 Å². The van der Waals surface area contributed by atoms with Gasteiger partial charge in [0, 0.05) is 25.4 Å².